The second kappa shape index (κ2) is 6.53. The minimum atomic E-state index is -0.429. The molecule has 1 N–H and O–H groups in total. The SMILES string of the molecule is COC(=O)CNC(=S)N1CCCN1C(=O)c1cc(C)on1. The summed E-state index contributed by atoms with van der Waals surface area (Å²) in [6.07, 6.45) is 0.780. The number of ether oxygens (including phenoxy) is 1. The highest BCUT2D eigenvalue weighted by Gasteiger charge is 2.31. The zero-order chi connectivity index (χ0) is 15.4. The van der Waals surface area contributed by atoms with Gasteiger partial charge in [-0.15, -0.1) is 0 Å². The summed E-state index contributed by atoms with van der Waals surface area (Å²) < 4.78 is 9.44. The van der Waals surface area contributed by atoms with Crippen LogP contribution in [0.2, 0.25) is 0 Å². The van der Waals surface area contributed by atoms with E-state index in [-0.39, 0.29) is 18.1 Å². The zero-order valence-corrected chi connectivity index (χ0v) is 12.6. The highest BCUT2D eigenvalue weighted by molar-refractivity contribution is 7.80. The number of hydrogen-bond acceptors (Lipinski definition) is 6. The third-order valence-corrected chi connectivity index (χ3v) is 3.31. The largest absolute Gasteiger partial charge is 0.468 e. The van der Waals surface area contributed by atoms with Crippen molar-refractivity contribution in [2.75, 3.05) is 26.7 Å². The summed E-state index contributed by atoms with van der Waals surface area (Å²) in [7, 11) is 1.30. The van der Waals surface area contributed by atoms with Gasteiger partial charge in [-0.05, 0) is 25.6 Å². The molecule has 2 rings (SSSR count). The molecule has 0 aromatic carbocycles. The van der Waals surface area contributed by atoms with E-state index < -0.39 is 5.97 Å². The normalized spacial score (nSPS) is 14.2. The highest BCUT2D eigenvalue weighted by atomic mass is 32.1. The van der Waals surface area contributed by atoms with Gasteiger partial charge in [0.2, 0.25) is 0 Å². The van der Waals surface area contributed by atoms with Crippen LogP contribution in [-0.4, -0.2) is 58.9 Å². The molecule has 8 nitrogen and oxygen atoms in total. The lowest BCUT2D eigenvalue weighted by molar-refractivity contribution is -0.139. The van der Waals surface area contributed by atoms with E-state index in [0.717, 1.165) is 6.42 Å². The molecule has 2 heterocycles. The monoisotopic (exact) mass is 312 g/mol. The lowest BCUT2D eigenvalue weighted by Crippen LogP contribution is -2.50. The second-order valence-electron chi connectivity index (χ2n) is 4.46. The summed E-state index contributed by atoms with van der Waals surface area (Å²) >= 11 is 5.20. The molecule has 114 valence electrons. The van der Waals surface area contributed by atoms with Gasteiger partial charge in [0.05, 0.1) is 7.11 Å². The average Bonchev–Trinajstić information content (AvgIpc) is 3.12. The number of carbonyl (C=O) groups is 2. The number of nitrogens with one attached hydrogen (secondary N) is 1. The second-order valence-corrected chi connectivity index (χ2v) is 4.85. The summed E-state index contributed by atoms with van der Waals surface area (Å²) in [5.74, 6) is -0.149. The number of carbonyl (C=O) groups excluding carboxylic acids is 2. The number of hydrazine groups is 1. The molecule has 1 fully saturated rings. The Bertz CT molecular complexity index is 559. The van der Waals surface area contributed by atoms with Gasteiger partial charge >= 0.3 is 5.97 Å². The number of aromatic nitrogens is 1. The van der Waals surface area contributed by atoms with Crippen molar-refractivity contribution in [3.63, 3.8) is 0 Å². The molecule has 1 aromatic heterocycles. The smallest absolute Gasteiger partial charge is 0.325 e. The molecule has 1 amide bonds. The number of aryl methyl sites for hydroxylation is 1. The summed E-state index contributed by atoms with van der Waals surface area (Å²) in [6.45, 7) is 2.80. The molecule has 0 radical (unpaired) electrons. The van der Waals surface area contributed by atoms with Gasteiger partial charge in [-0.3, -0.25) is 14.6 Å². The van der Waals surface area contributed by atoms with Crippen LogP contribution in [-0.2, 0) is 9.53 Å². The molecule has 9 heteroatoms. The summed E-state index contributed by atoms with van der Waals surface area (Å²) in [5, 5.41) is 9.88. The molecule has 0 unspecified atom stereocenters. The van der Waals surface area contributed by atoms with Crippen molar-refractivity contribution < 1.29 is 18.8 Å². The van der Waals surface area contributed by atoms with Crippen LogP contribution in [0.1, 0.15) is 22.7 Å². The van der Waals surface area contributed by atoms with Crippen LogP contribution in [0.3, 0.4) is 0 Å². The quantitative estimate of drug-likeness (QED) is 0.621. The van der Waals surface area contributed by atoms with Gasteiger partial charge in [0, 0.05) is 19.2 Å². The number of amides is 1. The Labute approximate surface area is 127 Å². The lowest BCUT2D eigenvalue weighted by atomic mass is 10.3. The van der Waals surface area contributed by atoms with Gasteiger partial charge in [-0.2, -0.15) is 0 Å². The van der Waals surface area contributed by atoms with Crippen LogP contribution in [0, 0.1) is 6.92 Å². The molecule has 0 bridgehead atoms. The van der Waals surface area contributed by atoms with Gasteiger partial charge in [-0.1, -0.05) is 5.16 Å². The number of esters is 1. The Morgan fingerprint density at radius 2 is 2.19 bits per heavy atom. The molecule has 0 spiro atoms. The van der Waals surface area contributed by atoms with Crippen molar-refractivity contribution >= 4 is 29.2 Å². The third kappa shape index (κ3) is 3.48. The number of rotatable bonds is 3. The van der Waals surface area contributed by atoms with E-state index in [1.165, 1.54) is 12.1 Å². The van der Waals surface area contributed by atoms with Gasteiger partial charge in [-0.25, -0.2) is 5.01 Å². The van der Waals surface area contributed by atoms with E-state index in [1.54, 1.807) is 18.0 Å². The molecule has 1 aliphatic rings. The van der Waals surface area contributed by atoms with Crippen molar-refractivity contribution in [2.45, 2.75) is 13.3 Å². The summed E-state index contributed by atoms with van der Waals surface area (Å²) in [6, 6.07) is 1.57. The summed E-state index contributed by atoms with van der Waals surface area (Å²) in [5.41, 5.74) is 0.232. The molecule has 0 saturated carbocycles. The van der Waals surface area contributed by atoms with E-state index in [4.69, 9.17) is 16.7 Å². The molecular formula is C12H16N4O4S. The fourth-order valence-corrected chi connectivity index (χ4v) is 2.21. The topological polar surface area (TPSA) is 87.9 Å². The van der Waals surface area contributed by atoms with Crippen LogP contribution in [0.5, 0.6) is 0 Å². The Morgan fingerprint density at radius 1 is 1.48 bits per heavy atom. The van der Waals surface area contributed by atoms with E-state index >= 15 is 0 Å². The molecule has 0 aliphatic carbocycles. The fourth-order valence-electron chi connectivity index (χ4n) is 1.94. The zero-order valence-electron chi connectivity index (χ0n) is 11.8. The van der Waals surface area contributed by atoms with Gasteiger partial charge in [0.25, 0.3) is 5.91 Å². The van der Waals surface area contributed by atoms with Crippen LogP contribution in [0.25, 0.3) is 0 Å². The van der Waals surface area contributed by atoms with E-state index in [9.17, 15) is 9.59 Å². The maximum absolute atomic E-state index is 12.4. The van der Waals surface area contributed by atoms with E-state index in [1.807, 2.05) is 0 Å². The Morgan fingerprint density at radius 3 is 2.81 bits per heavy atom. The molecule has 1 aromatic rings. The van der Waals surface area contributed by atoms with Crippen LogP contribution in [0.4, 0.5) is 0 Å². The lowest BCUT2D eigenvalue weighted by Gasteiger charge is -2.29. The van der Waals surface area contributed by atoms with Gasteiger partial charge < -0.3 is 14.6 Å². The van der Waals surface area contributed by atoms with Gasteiger partial charge in [0.1, 0.15) is 12.3 Å². The van der Waals surface area contributed by atoms with Crippen molar-refractivity contribution in [1.82, 2.24) is 20.5 Å². The molecule has 0 atom stereocenters. The van der Waals surface area contributed by atoms with E-state index in [2.05, 4.69) is 15.2 Å². The van der Waals surface area contributed by atoms with Gasteiger partial charge in [0.15, 0.2) is 10.8 Å². The maximum Gasteiger partial charge on any atom is 0.325 e. The molecular weight excluding hydrogens is 296 g/mol. The first-order valence-corrected chi connectivity index (χ1v) is 6.81. The minimum Gasteiger partial charge on any atom is -0.468 e. The fraction of sp³-hybridized carbons (Fsp3) is 0.500. The predicted molar refractivity (Wildman–Crippen MR) is 76.2 cm³/mol. The first-order chi connectivity index (χ1) is 10.0. The highest BCUT2D eigenvalue weighted by Crippen LogP contribution is 2.15. The first kappa shape index (κ1) is 15.2. The molecule has 21 heavy (non-hydrogen) atoms. The predicted octanol–water partition coefficient (Wildman–Crippen LogP) is 0.0934. The van der Waals surface area contributed by atoms with Crippen molar-refractivity contribution in [1.29, 1.82) is 0 Å². The average molecular weight is 312 g/mol. The standard InChI is InChI=1S/C12H16N4O4S/c1-8-6-9(14-20-8)11(18)15-4-3-5-16(15)12(21)13-7-10(17)19-2/h6H,3-5,7H2,1-2H3,(H,13,21). The number of thiocarbonyl (C=S) groups is 1. The third-order valence-electron chi connectivity index (χ3n) is 2.96. The first-order valence-electron chi connectivity index (χ1n) is 6.40. The van der Waals surface area contributed by atoms with Crippen molar-refractivity contribution in [3.8, 4) is 0 Å². The molecule has 1 saturated heterocycles. The van der Waals surface area contributed by atoms with E-state index in [0.29, 0.717) is 24.0 Å². The molecule has 1 aliphatic heterocycles. The minimum absolute atomic E-state index is 0.0447. The van der Waals surface area contributed by atoms with Crippen molar-refractivity contribution in [3.05, 3.63) is 17.5 Å². The maximum atomic E-state index is 12.4. The Hall–Kier alpha value is -2.16. The Kier molecular flexibility index (Phi) is 4.73. The number of hydrogen-bond donors (Lipinski definition) is 1. The van der Waals surface area contributed by atoms with Crippen molar-refractivity contribution in [2.24, 2.45) is 0 Å². The number of methoxy groups -OCH3 is 1. The van der Waals surface area contributed by atoms with Crippen LogP contribution < -0.4 is 5.32 Å². The van der Waals surface area contributed by atoms with Crippen LogP contribution >= 0.6 is 12.2 Å². The van der Waals surface area contributed by atoms with Crippen LogP contribution in [0.15, 0.2) is 10.6 Å². The number of nitrogens with zero attached hydrogens (tertiary/aromatic N) is 3. The Balaban J connectivity index is 2.01. The summed E-state index contributed by atoms with van der Waals surface area (Å²) in [4.78, 5) is 23.5.